The van der Waals surface area contributed by atoms with E-state index in [2.05, 4.69) is 17.6 Å². The molecule has 3 atom stereocenters. The van der Waals surface area contributed by atoms with Gasteiger partial charge < -0.3 is 10.6 Å². The van der Waals surface area contributed by atoms with Crippen LogP contribution < -0.4 is 10.6 Å². The first kappa shape index (κ1) is 13.9. The summed E-state index contributed by atoms with van der Waals surface area (Å²) in [5.74, 6) is 1.89. The number of nitrogens with one attached hydrogen (secondary N) is 2. The maximum Gasteiger partial charge on any atom is 0.0113 e. The summed E-state index contributed by atoms with van der Waals surface area (Å²) in [5.41, 5.74) is 0. The van der Waals surface area contributed by atoms with Gasteiger partial charge >= 0.3 is 0 Å². The van der Waals surface area contributed by atoms with E-state index in [1.165, 1.54) is 70.8 Å². The topological polar surface area (TPSA) is 24.1 Å². The quantitative estimate of drug-likeness (QED) is 0.815. The number of hydrogen-bond acceptors (Lipinski definition) is 2. The van der Waals surface area contributed by atoms with Crippen molar-refractivity contribution < 1.29 is 0 Å². The molecule has 0 aromatic carbocycles. The highest BCUT2D eigenvalue weighted by molar-refractivity contribution is 4.94. The SMILES string of the molecule is CC1CCC(NC2CCCC2C2CCCCN2)CC1. The summed E-state index contributed by atoms with van der Waals surface area (Å²) in [4.78, 5) is 0. The van der Waals surface area contributed by atoms with Gasteiger partial charge in [-0.25, -0.2) is 0 Å². The molecular weight excluding hydrogens is 232 g/mol. The fourth-order valence-electron chi connectivity index (χ4n) is 4.65. The highest BCUT2D eigenvalue weighted by Gasteiger charge is 2.35. The minimum Gasteiger partial charge on any atom is -0.314 e. The lowest BCUT2D eigenvalue weighted by atomic mass is 9.84. The first-order valence-corrected chi connectivity index (χ1v) is 8.82. The van der Waals surface area contributed by atoms with Crippen LogP contribution in [-0.4, -0.2) is 24.7 Å². The summed E-state index contributed by atoms with van der Waals surface area (Å²) in [5, 5.41) is 7.84. The Balaban J connectivity index is 1.51. The molecule has 2 nitrogen and oxygen atoms in total. The molecular formula is C17H32N2. The number of rotatable bonds is 3. The molecule has 0 spiro atoms. The van der Waals surface area contributed by atoms with Gasteiger partial charge in [0.1, 0.15) is 0 Å². The van der Waals surface area contributed by atoms with Crippen LogP contribution in [0, 0.1) is 11.8 Å². The van der Waals surface area contributed by atoms with Crippen LogP contribution in [-0.2, 0) is 0 Å². The summed E-state index contributed by atoms with van der Waals surface area (Å²) in [6.07, 6.45) is 14.3. The molecule has 2 heteroatoms. The fourth-order valence-corrected chi connectivity index (χ4v) is 4.65. The van der Waals surface area contributed by atoms with Crippen LogP contribution in [0.5, 0.6) is 0 Å². The molecule has 0 bridgehead atoms. The van der Waals surface area contributed by atoms with Gasteiger partial charge in [0.25, 0.3) is 0 Å². The lowest BCUT2D eigenvalue weighted by Gasteiger charge is -2.36. The second-order valence-electron chi connectivity index (χ2n) is 7.38. The van der Waals surface area contributed by atoms with Crippen LogP contribution in [0.15, 0.2) is 0 Å². The van der Waals surface area contributed by atoms with Crippen molar-refractivity contribution in [3.05, 3.63) is 0 Å². The average Bonchev–Trinajstić information content (AvgIpc) is 2.90. The Morgan fingerprint density at radius 1 is 0.842 bits per heavy atom. The van der Waals surface area contributed by atoms with Crippen molar-refractivity contribution in [1.82, 2.24) is 10.6 Å². The van der Waals surface area contributed by atoms with Crippen molar-refractivity contribution >= 4 is 0 Å². The Morgan fingerprint density at radius 2 is 1.68 bits per heavy atom. The van der Waals surface area contributed by atoms with Gasteiger partial charge in [0.05, 0.1) is 0 Å². The first-order valence-electron chi connectivity index (χ1n) is 8.82. The van der Waals surface area contributed by atoms with Gasteiger partial charge in [0, 0.05) is 18.1 Å². The van der Waals surface area contributed by atoms with Crippen molar-refractivity contribution in [2.24, 2.45) is 11.8 Å². The minimum absolute atomic E-state index is 0.814. The molecule has 110 valence electrons. The third-order valence-corrected chi connectivity index (χ3v) is 5.90. The predicted octanol–water partition coefficient (Wildman–Crippen LogP) is 3.47. The van der Waals surface area contributed by atoms with Gasteiger partial charge in [-0.1, -0.05) is 19.8 Å². The zero-order valence-electron chi connectivity index (χ0n) is 12.7. The molecule has 2 N–H and O–H groups in total. The third kappa shape index (κ3) is 3.52. The molecule has 0 radical (unpaired) electrons. The van der Waals surface area contributed by atoms with E-state index in [1.54, 1.807) is 0 Å². The van der Waals surface area contributed by atoms with E-state index in [-0.39, 0.29) is 0 Å². The van der Waals surface area contributed by atoms with E-state index in [0.29, 0.717) is 0 Å². The molecule has 1 heterocycles. The molecule has 2 saturated carbocycles. The summed E-state index contributed by atoms with van der Waals surface area (Å²) >= 11 is 0. The van der Waals surface area contributed by atoms with Gasteiger partial charge in [0.15, 0.2) is 0 Å². The number of hydrogen-bond donors (Lipinski definition) is 2. The molecule has 1 saturated heterocycles. The van der Waals surface area contributed by atoms with Gasteiger partial charge in [-0.2, -0.15) is 0 Å². The Hall–Kier alpha value is -0.0800. The monoisotopic (exact) mass is 264 g/mol. The summed E-state index contributed by atoms with van der Waals surface area (Å²) in [7, 11) is 0. The van der Waals surface area contributed by atoms with Crippen LogP contribution in [0.3, 0.4) is 0 Å². The lowest BCUT2D eigenvalue weighted by molar-refractivity contribution is 0.221. The Labute approximate surface area is 119 Å². The molecule has 3 rings (SSSR count). The summed E-state index contributed by atoms with van der Waals surface area (Å²) < 4.78 is 0. The highest BCUT2D eigenvalue weighted by Crippen LogP contribution is 2.33. The van der Waals surface area contributed by atoms with Crippen molar-refractivity contribution in [2.75, 3.05) is 6.54 Å². The molecule has 1 aliphatic heterocycles. The largest absolute Gasteiger partial charge is 0.314 e. The van der Waals surface area contributed by atoms with Crippen molar-refractivity contribution in [1.29, 1.82) is 0 Å². The Kier molecular flexibility index (Phi) is 4.81. The van der Waals surface area contributed by atoms with Gasteiger partial charge in [-0.05, 0) is 69.7 Å². The number of piperidine rings is 1. The molecule has 0 amide bonds. The first-order chi connectivity index (χ1) is 9.33. The maximum atomic E-state index is 4.05. The molecule has 19 heavy (non-hydrogen) atoms. The van der Waals surface area contributed by atoms with E-state index in [0.717, 1.165) is 30.0 Å². The van der Waals surface area contributed by atoms with Gasteiger partial charge in [0.2, 0.25) is 0 Å². The van der Waals surface area contributed by atoms with Crippen LogP contribution in [0.2, 0.25) is 0 Å². The lowest BCUT2D eigenvalue weighted by Crippen LogP contribution is -2.49. The molecule has 3 aliphatic rings. The van der Waals surface area contributed by atoms with Crippen LogP contribution >= 0.6 is 0 Å². The van der Waals surface area contributed by atoms with Gasteiger partial charge in [-0.3, -0.25) is 0 Å². The van der Waals surface area contributed by atoms with E-state index < -0.39 is 0 Å². The van der Waals surface area contributed by atoms with Crippen molar-refractivity contribution in [2.45, 2.75) is 89.3 Å². The third-order valence-electron chi connectivity index (χ3n) is 5.90. The Bertz CT molecular complexity index is 264. The maximum absolute atomic E-state index is 4.05. The minimum atomic E-state index is 0.814. The molecule has 3 unspecified atom stereocenters. The normalized spacial score (nSPS) is 44.4. The van der Waals surface area contributed by atoms with E-state index in [9.17, 15) is 0 Å². The van der Waals surface area contributed by atoms with E-state index in [1.807, 2.05) is 0 Å². The fraction of sp³-hybridized carbons (Fsp3) is 1.00. The van der Waals surface area contributed by atoms with Crippen LogP contribution in [0.25, 0.3) is 0 Å². The van der Waals surface area contributed by atoms with Gasteiger partial charge in [-0.15, -0.1) is 0 Å². The van der Waals surface area contributed by atoms with Crippen LogP contribution in [0.4, 0.5) is 0 Å². The molecule has 2 aliphatic carbocycles. The summed E-state index contributed by atoms with van der Waals surface area (Å²) in [6, 6.07) is 2.45. The second-order valence-corrected chi connectivity index (χ2v) is 7.38. The predicted molar refractivity (Wildman–Crippen MR) is 81.3 cm³/mol. The molecule has 0 aromatic heterocycles. The average molecular weight is 264 g/mol. The smallest absolute Gasteiger partial charge is 0.0113 e. The van der Waals surface area contributed by atoms with E-state index >= 15 is 0 Å². The zero-order valence-corrected chi connectivity index (χ0v) is 12.7. The highest BCUT2D eigenvalue weighted by atomic mass is 15.0. The second kappa shape index (κ2) is 6.58. The summed E-state index contributed by atoms with van der Waals surface area (Å²) in [6.45, 7) is 3.68. The molecule has 3 fully saturated rings. The standard InChI is InChI=1S/C17H32N2/c1-13-8-10-14(11-9-13)19-17-7-4-5-15(17)16-6-2-3-12-18-16/h13-19H,2-12H2,1H3. The van der Waals surface area contributed by atoms with E-state index in [4.69, 9.17) is 0 Å². The van der Waals surface area contributed by atoms with Crippen molar-refractivity contribution in [3.63, 3.8) is 0 Å². The molecule has 0 aromatic rings. The van der Waals surface area contributed by atoms with Crippen molar-refractivity contribution in [3.8, 4) is 0 Å². The zero-order chi connectivity index (χ0) is 13.1. The van der Waals surface area contributed by atoms with Crippen LogP contribution in [0.1, 0.15) is 71.1 Å². The Morgan fingerprint density at radius 3 is 2.42 bits per heavy atom.